The van der Waals surface area contributed by atoms with E-state index in [4.69, 9.17) is 23.1 Å². The summed E-state index contributed by atoms with van der Waals surface area (Å²) in [5.74, 6) is 0.307. The Kier molecular flexibility index (Phi) is 3.48. The Morgan fingerprint density at radius 3 is 2.31 bits per heavy atom. The molecule has 0 aliphatic heterocycles. The zero-order valence-corrected chi connectivity index (χ0v) is 8.14. The molecule has 0 saturated heterocycles. The summed E-state index contributed by atoms with van der Waals surface area (Å²) >= 11 is 4.88. The van der Waals surface area contributed by atoms with Gasteiger partial charge in [0, 0.05) is 12.0 Å². The van der Waals surface area contributed by atoms with Gasteiger partial charge in [-0.15, -0.1) is 0 Å². The molecule has 1 rings (SSSR count). The molecule has 0 aromatic carbocycles. The van der Waals surface area contributed by atoms with E-state index < -0.39 is 6.09 Å². The molecule has 1 amide bonds. The second-order valence-electron chi connectivity index (χ2n) is 3.40. The van der Waals surface area contributed by atoms with Gasteiger partial charge in [-0.3, -0.25) is 0 Å². The fraction of sp³-hybridized carbons (Fsp3) is 0.750. The van der Waals surface area contributed by atoms with Gasteiger partial charge in [0.1, 0.15) is 0 Å². The Hall–Kier alpha value is -0.840. The summed E-state index contributed by atoms with van der Waals surface area (Å²) in [6, 6.07) is 0.0862. The molecule has 4 nitrogen and oxygen atoms in total. The van der Waals surface area contributed by atoms with Crippen molar-refractivity contribution in [1.29, 1.82) is 0 Å². The Morgan fingerprint density at radius 2 is 1.92 bits per heavy atom. The van der Waals surface area contributed by atoms with Gasteiger partial charge in [-0.2, -0.15) is 0 Å². The van der Waals surface area contributed by atoms with Crippen LogP contribution in [0, 0.1) is 5.92 Å². The van der Waals surface area contributed by atoms with Gasteiger partial charge < -0.3 is 16.2 Å². The van der Waals surface area contributed by atoms with Crippen LogP contribution in [0.25, 0.3) is 0 Å². The molecule has 0 atom stereocenters. The number of thiocarbonyl (C=S) groups is 1. The SMILES string of the molecule is NC(=S)C1CCC(NC(=O)O)CC1. The largest absolute Gasteiger partial charge is 0.465 e. The first kappa shape index (κ1) is 10.2. The van der Waals surface area contributed by atoms with E-state index in [-0.39, 0.29) is 6.04 Å². The zero-order chi connectivity index (χ0) is 9.84. The van der Waals surface area contributed by atoms with E-state index in [0.29, 0.717) is 10.9 Å². The Morgan fingerprint density at radius 1 is 1.38 bits per heavy atom. The molecular weight excluding hydrogens is 188 g/mol. The number of carboxylic acid groups (broad SMARTS) is 1. The molecule has 1 saturated carbocycles. The summed E-state index contributed by atoms with van der Waals surface area (Å²) in [7, 11) is 0. The second-order valence-corrected chi connectivity index (χ2v) is 3.87. The van der Waals surface area contributed by atoms with Crippen LogP contribution in [-0.4, -0.2) is 22.2 Å². The minimum Gasteiger partial charge on any atom is -0.465 e. The number of nitrogens with one attached hydrogen (secondary N) is 1. The molecule has 0 bridgehead atoms. The number of nitrogens with two attached hydrogens (primary N) is 1. The number of carbonyl (C=O) groups is 1. The van der Waals surface area contributed by atoms with Crippen molar-refractivity contribution >= 4 is 23.3 Å². The topological polar surface area (TPSA) is 75.3 Å². The number of rotatable bonds is 2. The lowest BCUT2D eigenvalue weighted by Gasteiger charge is -2.27. The van der Waals surface area contributed by atoms with Crippen LogP contribution >= 0.6 is 12.2 Å². The minimum atomic E-state index is -0.946. The maximum Gasteiger partial charge on any atom is 0.404 e. The van der Waals surface area contributed by atoms with Crippen molar-refractivity contribution in [1.82, 2.24) is 5.32 Å². The summed E-state index contributed by atoms with van der Waals surface area (Å²) in [6.45, 7) is 0. The molecule has 1 aliphatic carbocycles. The van der Waals surface area contributed by atoms with E-state index in [0.717, 1.165) is 25.7 Å². The first-order valence-corrected chi connectivity index (χ1v) is 4.79. The Bertz CT molecular complexity index is 212. The highest BCUT2D eigenvalue weighted by atomic mass is 32.1. The van der Waals surface area contributed by atoms with Gasteiger partial charge in [-0.05, 0) is 25.7 Å². The van der Waals surface area contributed by atoms with Crippen molar-refractivity contribution in [3.63, 3.8) is 0 Å². The van der Waals surface area contributed by atoms with E-state index in [1.54, 1.807) is 0 Å². The van der Waals surface area contributed by atoms with Crippen LogP contribution in [-0.2, 0) is 0 Å². The lowest BCUT2D eigenvalue weighted by atomic mass is 9.86. The second kappa shape index (κ2) is 4.41. The quantitative estimate of drug-likeness (QED) is 0.586. The molecule has 0 spiro atoms. The molecule has 5 heteroatoms. The van der Waals surface area contributed by atoms with E-state index in [1.807, 2.05) is 0 Å². The standard InChI is InChI=1S/C8H14N2O2S/c9-7(13)5-1-3-6(4-2-5)10-8(11)12/h5-6,10H,1-4H2,(H2,9,13)(H,11,12). The third kappa shape index (κ3) is 3.18. The van der Waals surface area contributed by atoms with Crippen LogP contribution in [0.15, 0.2) is 0 Å². The van der Waals surface area contributed by atoms with Crippen LogP contribution < -0.4 is 11.1 Å². The molecule has 4 N–H and O–H groups in total. The van der Waals surface area contributed by atoms with Crippen LogP contribution in [0.2, 0.25) is 0 Å². The maximum atomic E-state index is 10.3. The molecule has 1 aliphatic rings. The average Bonchev–Trinajstić information content (AvgIpc) is 2.04. The highest BCUT2D eigenvalue weighted by Crippen LogP contribution is 2.24. The van der Waals surface area contributed by atoms with Crippen LogP contribution in [0.1, 0.15) is 25.7 Å². The molecule has 0 unspecified atom stereocenters. The predicted octanol–water partition coefficient (Wildman–Crippen LogP) is 1.10. The van der Waals surface area contributed by atoms with Gasteiger partial charge in [0.05, 0.1) is 4.99 Å². The van der Waals surface area contributed by atoms with Gasteiger partial charge in [0.2, 0.25) is 0 Å². The lowest BCUT2D eigenvalue weighted by Crippen LogP contribution is -2.38. The van der Waals surface area contributed by atoms with Crippen molar-refractivity contribution in [2.45, 2.75) is 31.7 Å². The van der Waals surface area contributed by atoms with Crippen molar-refractivity contribution in [3.05, 3.63) is 0 Å². The highest BCUT2D eigenvalue weighted by molar-refractivity contribution is 7.80. The Labute approximate surface area is 82.5 Å². The third-order valence-electron chi connectivity index (χ3n) is 2.46. The van der Waals surface area contributed by atoms with Gasteiger partial charge in [0.25, 0.3) is 0 Å². The van der Waals surface area contributed by atoms with Crippen LogP contribution in [0.3, 0.4) is 0 Å². The van der Waals surface area contributed by atoms with Gasteiger partial charge >= 0.3 is 6.09 Å². The summed E-state index contributed by atoms with van der Waals surface area (Å²) in [6.07, 6.45) is 2.54. The molecule has 0 heterocycles. The van der Waals surface area contributed by atoms with E-state index in [2.05, 4.69) is 5.32 Å². The number of hydrogen-bond donors (Lipinski definition) is 3. The maximum absolute atomic E-state index is 10.3. The lowest BCUT2D eigenvalue weighted by molar-refractivity contribution is 0.184. The molecule has 0 radical (unpaired) electrons. The van der Waals surface area contributed by atoms with Crippen LogP contribution in [0.4, 0.5) is 4.79 Å². The summed E-state index contributed by atoms with van der Waals surface area (Å²) < 4.78 is 0. The molecule has 13 heavy (non-hydrogen) atoms. The Balaban J connectivity index is 2.30. The van der Waals surface area contributed by atoms with Crippen molar-refractivity contribution in [2.75, 3.05) is 0 Å². The van der Waals surface area contributed by atoms with Gasteiger partial charge in [0.15, 0.2) is 0 Å². The zero-order valence-electron chi connectivity index (χ0n) is 7.32. The van der Waals surface area contributed by atoms with E-state index >= 15 is 0 Å². The molecule has 74 valence electrons. The van der Waals surface area contributed by atoms with Crippen molar-refractivity contribution < 1.29 is 9.90 Å². The smallest absolute Gasteiger partial charge is 0.404 e. The molecular formula is C8H14N2O2S. The highest BCUT2D eigenvalue weighted by Gasteiger charge is 2.23. The van der Waals surface area contributed by atoms with Gasteiger partial charge in [-0.1, -0.05) is 12.2 Å². The third-order valence-corrected chi connectivity index (χ3v) is 2.79. The predicted molar refractivity (Wildman–Crippen MR) is 53.7 cm³/mol. The fourth-order valence-electron chi connectivity index (χ4n) is 1.70. The molecule has 1 fully saturated rings. The van der Waals surface area contributed by atoms with Crippen molar-refractivity contribution in [3.8, 4) is 0 Å². The van der Waals surface area contributed by atoms with Crippen LogP contribution in [0.5, 0.6) is 0 Å². The first-order chi connectivity index (χ1) is 6.09. The van der Waals surface area contributed by atoms with E-state index in [1.165, 1.54) is 0 Å². The first-order valence-electron chi connectivity index (χ1n) is 4.38. The van der Waals surface area contributed by atoms with Gasteiger partial charge in [-0.25, -0.2) is 4.79 Å². The number of hydrogen-bond acceptors (Lipinski definition) is 2. The summed E-state index contributed by atoms with van der Waals surface area (Å²) in [4.78, 5) is 10.9. The average molecular weight is 202 g/mol. The number of amides is 1. The fourth-order valence-corrected chi connectivity index (χ4v) is 1.93. The monoisotopic (exact) mass is 202 g/mol. The molecule has 0 aromatic rings. The van der Waals surface area contributed by atoms with Crippen molar-refractivity contribution in [2.24, 2.45) is 11.7 Å². The summed E-state index contributed by atoms with van der Waals surface area (Å²) in [5, 5.41) is 11.0. The summed E-state index contributed by atoms with van der Waals surface area (Å²) in [5.41, 5.74) is 5.51. The normalized spacial score (nSPS) is 28.0. The van der Waals surface area contributed by atoms with E-state index in [9.17, 15) is 4.79 Å². The minimum absolute atomic E-state index is 0.0862. The molecule has 0 aromatic heterocycles.